The number of phenolic OH excluding ortho intramolecular Hbond substituents is 2. The van der Waals surface area contributed by atoms with Crippen LogP contribution in [0.15, 0.2) is 42.5 Å². The van der Waals surface area contributed by atoms with Gasteiger partial charge in [0.1, 0.15) is 17.7 Å². The Morgan fingerprint density at radius 3 is 2.05 bits per heavy atom. The van der Waals surface area contributed by atoms with Gasteiger partial charge in [0.25, 0.3) is 0 Å². The van der Waals surface area contributed by atoms with Crippen LogP contribution in [0.2, 0.25) is 0 Å². The molecule has 3 rings (SSSR count). The van der Waals surface area contributed by atoms with Gasteiger partial charge < -0.3 is 20.0 Å². The minimum absolute atomic E-state index is 0.121. The van der Waals surface area contributed by atoms with E-state index in [1.54, 1.807) is 6.07 Å². The van der Waals surface area contributed by atoms with E-state index in [-0.39, 0.29) is 17.7 Å². The van der Waals surface area contributed by atoms with Crippen molar-refractivity contribution in [1.82, 2.24) is 0 Å². The lowest BCUT2D eigenvalue weighted by Crippen LogP contribution is -2.30. The number of aromatic hydroxyl groups is 2. The molecule has 0 amide bonds. The summed E-state index contributed by atoms with van der Waals surface area (Å²) < 4.78 is 0. The van der Waals surface area contributed by atoms with Crippen molar-refractivity contribution in [2.75, 3.05) is 23.9 Å². The van der Waals surface area contributed by atoms with Crippen molar-refractivity contribution in [2.45, 2.75) is 6.17 Å². The summed E-state index contributed by atoms with van der Waals surface area (Å²) in [6.45, 7) is 0. The number of nitrogens with zero attached hydrogens (tertiary/aromatic N) is 2. The van der Waals surface area contributed by atoms with E-state index >= 15 is 0 Å². The molecule has 0 fully saturated rings. The molecular weight excluding hydrogens is 240 g/mol. The normalized spacial score (nSPS) is 14.8. The standard InChI is InChI=1S/C15H16N2O2/c1-16-12-5-3-4-6-13(12)17(2)15(16)11-9-10(18)7-8-14(11)19/h3-9,15,18-19H,1-2H3. The van der Waals surface area contributed by atoms with Gasteiger partial charge in [0, 0.05) is 19.7 Å². The van der Waals surface area contributed by atoms with Gasteiger partial charge in [-0.3, -0.25) is 0 Å². The van der Waals surface area contributed by atoms with Gasteiger partial charge in [-0.15, -0.1) is 0 Å². The third-order valence-corrected chi connectivity index (χ3v) is 3.66. The molecule has 2 aromatic rings. The Morgan fingerprint density at radius 1 is 0.895 bits per heavy atom. The van der Waals surface area contributed by atoms with Crippen LogP contribution >= 0.6 is 0 Å². The monoisotopic (exact) mass is 256 g/mol. The fourth-order valence-electron chi connectivity index (χ4n) is 2.75. The predicted molar refractivity (Wildman–Crippen MR) is 75.8 cm³/mol. The maximum absolute atomic E-state index is 10.0. The van der Waals surface area contributed by atoms with Crippen molar-refractivity contribution < 1.29 is 10.2 Å². The van der Waals surface area contributed by atoms with Gasteiger partial charge >= 0.3 is 0 Å². The van der Waals surface area contributed by atoms with E-state index < -0.39 is 0 Å². The highest BCUT2D eigenvalue weighted by molar-refractivity contribution is 5.78. The molecule has 2 aromatic carbocycles. The van der Waals surface area contributed by atoms with Gasteiger partial charge in [-0.1, -0.05) is 12.1 Å². The van der Waals surface area contributed by atoms with Crippen molar-refractivity contribution in [3.8, 4) is 11.5 Å². The summed E-state index contributed by atoms with van der Waals surface area (Å²) >= 11 is 0. The van der Waals surface area contributed by atoms with Crippen molar-refractivity contribution in [3.63, 3.8) is 0 Å². The second-order valence-corrected chi connectivity index (χ2v) is 4.83. The lowest BCUT2D eigenvalue weighted by molar-refractivity contribution is 0.447. The fraction of sp³-hybridized carbons (Fsp3) is 0.200. The van der Waals surface area contributed by atoms with Crippen LogP contribution in [-0.2, 0) is 0 Å². The van der Waals surface area contributed by atoms with Gasteiger partial charge in [-0.2, -0.15) is 0 Å². The lowest BCUT2D eigenvalue weighted by Gasteiger charge is -2.28. The maximum Gasteiger partial charge on any atom is 0.131 e. The third-order valence-electron chi connectivity index (χ3n) is 3.66. The number of rotatable bonds is 1. The first kappa shape index (κ1) is 11.7. The van der Waals surface area contributed by atoms with Crippen molar-refractivity contribution >= 4 is 11.4 Å². The van der Waals surface area contributed by atoms with Crippen LogP contribution < -0.4 is 9.80 Å². The molecule has 98 valence electrons. The first-order chi connectivity index (χ1) is 9.09. The van der Waals surface area contributed by atoms with Gasteiger partial charge in [-0.25, -0.2) is 0 Å². The molecule has 0 saturated heterocycles. The summed E-state index contributed by atoms with van der Waals surface area (Å²) in [6, 6.07) is 12.7. The molecule has 4 nitrogen and oxygen atoms in total. The summed E-state index contributed by atoms with van der Waals surface area (Å²) in [7, 11) is 3.97. The number of anilines is 2. The molecule has 0 radical (unpaired) electrons. The van der Waals surface area contributed by atoms with E-state index in [1.165, 1.54) is 12.1 Å². The van der Waals surface area contributed by atoms with Crippen LogP contribution in [0.5, 0.6) is 11.5 Å². The van der Waals surface area contributed by atoms with Crippen LogP contribution in [0.4, 0.5) is 11.4 Å². The molecule has 1 aliphatic rings. The first-order valence-corrected chi connectivity index (χ1v) is 6.16. The largest absolute Gasteiger partial charge is 0.508 e. The Hall–Kier alpha value is -2.36. The SMILES string of the molecule is CN1c2ccccc2N(C)C1c1cc(O)ccc1O. The maximum atomic E-state index is 10.0. The second kappa shape index (κ2) is 4.09. The summed E-state index contributed by atoms with van der Waals surface area (Å²) in [5.74, 6) is 0.347. The minimum Gasteiger partial charge on any atom is -0.508 e. The van der Waals surface area contributed by atoms with Crippen LogP contribution in [0.25, 0.3) is 0 Å². The van der Waals surface area contributed by atoms with E-state index in [2.05, 4.69) is 9.80 Å². The number of hydrogen-bond donors (Lipinski definition) is 2. The van der Waals surface area contributed by atoms with Gasteiger partial charge in [0.2, 0.25) is 0 Å². The van der Waals surface area contributed by atoms with E-state index in [0.717, 1.165) is 11.4 Å². The number of benzene rings is 2. The molecule has 0 spiro atoms. The van der Waals surface area contributed by atoms with E-state index in [4.69, 9.17) is 0 Å². The van der Waals surface area contributed by atoms with Crippen LogP contribution in [0.1, 0.15) is 11.7 Å². The molecule has 0 aromatic heterocycles. The van der Waals surface area contributed by atoms with Gasteiger partial charge in [0.15, 0.2) is 0 Å². The second-order valence-electron chi connectivity index (χ2n) is 4.83. The molecule has 0 unspecified atom stereocenters. The molecule has 0 saturated carbocycles. The quantitative estimate of drug-likeness (QED) is 0.770. The molecule has 1 heterocycles. The van der Waals surface area contributed by atoms with Gasteiger partial charge in [-0.05, 0) is 30.3 Å². The Kier molecular flexibility index (Phi) is 2.52. The van der Waals surface area contributed by atoms with E-state index in [1.807, 2.05) is 38.4 Å². The molecule has 1 aliphatic heterocycles. The highest BCUT2D eigenvalue weighted by Crippen LogP contribution is 2.46. The Bertz CT molecular complexity index is 598. The number of hydrogen-bond acceptors (Lipinski definition) is 4. The van der Waals surface area contributed by atoms with E-state index in [9.17, 15) is 10.2 Å². The van der Waals surface area contributed by atoms with Gasteiger partial charge in [0.05, 0.1) is 11.4 Å². The highest BCUT2D eigenvalue weighted by atomic mass is 16.3. The van der Waals surface area contributed by atoms with Crippen LogP contribution in [-0.4, -0.2) is 24.3 Å². The minimum atomic E-state index is -0.121. The van der Waals surface area contributed by atoms with Crippen molar-refractivity contribution in [2.24, 2.45) is 0 Å². The number of fused-ring (bicyclic) bond motifs is 1. The molecule has 4 heteroatoms. The number of phenols is 2. The molecule has 0 aliphatic carbocycles. The zero-order valence-corrected chi connectivity index (χ0v) is 10.9. The summed E-state index contributed by atoms with van der Waals surface area (Å²) in [5.41, 5.74) is 2.91. The van der Waals surface area contributed by atoms with Crippen molar-refractivity contribution in [1.29, 1.82) is 0 Å². The molecule has 2 N–H and O–H groups in total. The van der Waals surface area contributed by atoms with Crippen LogP contribution in [0, 0.1) is 0 Å². The molecule has 0 atom stereocenters. The fourth-order valence-corrected chi connectivity index (χ4v) is 2.75. The van der Waals surface area contributed by atoms with E-state index in [0.29, 0.717) is 5.56 Å². The Labute approximate surface area is 112 Å². The van der Waals surface area contributed by atoms with Crippen LogP contribution in [0.3, 0.4) is 0 Å². The molecule has 0 bridgehead atoms. The predicted octanol–water partition coefficient (Wildman–Crippen LogP) is 2.68. The first-order valence-electron chi connectivity index (χ1n) is 6.16. The third kappa shape index (κ3) is 1.68. The molecular formula is C15H16N2O2. The zero-order chi connectivity index (χ0) is 13.6. The number of para-hydroxylation sites is 2. The Balaban J connectivity index is 2.11. The zero-order valence-electron chi connectivity index (χ0n) is 10.9. The summed E-state index contributed by atoms with van der Waals surface area (Å²) in [4.78, 5) is 4.17. The average Bonchev–Trinajstić information content (AvgIpc) is 2.66. The topological polar surface area (TPSA) is 46.9 Å². The van der Waals surface area contributed by atoms with Crippen molar-refractivity contribution in [3.05, 3.63) is 48.0 Å². The Morgan fingerprint density at radius 2 is 1.47 bits per heavy atom. The average molecular weight is 256 g/mol. The lowest BCUT2D eigenvalue weighted by atomic mass is 10.1. The molecule has 19 heavy (non-hydrogen) atoms. The summed E-state index contributed by atoms with van der Waals surface area (Å²) in [5, 5.41) is 19.7. The highest BCUT2D eigenvalue weighted by Gasteiger charge is 2.33. The summed E-state index contributed by atoms with van der Waals surface area (Å²) in [6.07, 6.45) is -0.121. The smallest absolute Gasteiger partial charge is 0.131 e.